The van der Waals surface area contributed by atoms with Crippen molar-refractivity contribution in [1.82, 2.24) is 0 Å². The summed E-state index contributed by atoms with van der Waals surface area (Å²) in [6.45, 7) is 26.3. The summed E-state index contributed by atoms with van der Waals surface area (Å²) in [6.07, 6.45) is 2.85. The Bertz CT molecular complexity index is 748. The predicted octanol–water partition coefficient (Wildman–Crippen LogP) is 7.41. The maximum absolute atomic E-state index is 13.7. The first-order chi connectivity index (χ1) is 15.5. The number of hydrogen-bond donors (Lipinski definition) is 0. The Morgan fingerprint density at radius 2 is 0.771 bits per heavy atom. The molecule has 0 heterocycles. The molecule has 6 nitrogen and oxygen atoms in total. The van der Waals surface area contributed by atoms with Gasteiger partial charge in [0.15, 0.2) is 0 Å². The summed E-state index contributed by atoms with van der Waals surface area (Å²) >= 11 is 0. The van der Waals surface area contributed by atoms with E-state index >= 15 is 0 Å². The molecule has 0 spiro atoms. The average molecular weight is 499 g/mol. The van der Waals surface area contributed by atoms with E-state index in [0.717, 1.165) is 0 Å². The lowest BCUT2D eigenvalue weighted by Crippen LogP contribution is -2.47. The standard InChI is InChI=1S/C29H54O6/c1-15-25(7,8)33-21(30)24(5,6)19-29(14,23(32)35-27(11,12)17-3)20-28(13,18-4)22(31)34-26(9,10)16-2/h15-20H2,1-14H3. The third-order valence-corrected chi connectivity index (χ3v) is 7.59. The largest absolute Gasteiger partial charge is 0.459 e. The minimum Gasteiger partial charge on any atom is -0.459 e. The molecule has 0 aliphatic carbocycles. The highest BCUT2D eigenvalue weighted by atomic mass is 16.6. The van der Waals surface area contributed by atoms with Gasteiger partial charge < -0.3 is 14.2 Å². The van der Waals surface area contributed by atoms with Crippen LogP contribution in [-0.2, 0) is 28.6 Å². The molecule has 0 rings (SSSR count). The molecule has 0 fully saturated rings. The molecule has 6 heteroatoms. The second-order valence-electron chi connectivity index (χ2n) is 13.2. The lowest BCUT2D eigenvalue weighted by Gasteiger charge is -2.42. The van der Waals surface area contributed by atoms with E-state index in [1.165, 1.54) is 0 Å². The number of carbonyl (C=O) groups excluding carboxylic acids is 3. The van der Waals surface area contributed by atoms with Crippen LogP contribution in [-0.4, -0.2) is 34.7 Å². The molecule has 0 N–H and O–H groups in total. The van der Waals surface area contributed by atoms with E-state index in [4.69, 9.17) is 14.2 Å². The van der Waals surface area contributed by atoms with Crippen molar-refractivity contribution < 1.29 is 28.6 Å². The molecule has 2 atom stereocenters. The van der Waals surface area contributed by atoms with Crippen molar-refractivity contribution in [3.8, 4) is 0 Å². The smallest absolute Gasteiger partial charge is 0.312 e. The molecule has 0 aromatic rings. The topological polar surface area (TPSA) is 78.9 Å². The first kappa shape index (κ1) is 33.4. The molecule has 0 aliphatic rings. The summed E-state index contributed by atoms with van der Waals surface area (Å²) in [7, 11) is 0. The zero-order valence-corrected chi connectivity index (χ0v) is 25.2. The van der Waals surface area contributed by atoms with Gasteiger partial charge in [0.25, 0.3) is 0 Å². The Morgan fingerprint density at radius 3 is 1.09 bits per heavy atom. The fourth-order valence-corrected chi connectivity index (χ4v) is 3.81. The van der Waals surface area contributed by atoms with E-state index in [9.17, 15) is 14.4 Å². The maximum atomic E-state index is 13.7. The zero-order valence-electron chi connectivity index (χ0n) is 25.2. The zero-order chi connectivity index (χ0) is 28.1. The summed E-state index contributed by atoms with van der Waals surface area (Å²) in [4.78, 5) is 40.3. The second-order valence-corrected chi connectivity index (χ2v) is 13.2. The minimum atomic E-state index is -1.12. The van der Waals surface area contributed by atoms with Crippen molar-refractivity contribution >= 4 is 17.9 Å². The van der Waals surface area contributed by atoms with Crippen molar-refractivity contribution in [1.29, 1.82) is 0 Å². The third-order valence-electron chi connectivity index (χ3n) is 7.59. The minimum absolute atomic E-state index is 0.178. The molecule has 0 bridgehead atoms. The van der Waals surface area contributed by atoms with Crippen LogP contribution >= 0.6 is 0 Å². The fraction of sp³-hybridized carbons (Fsp3) is 0.897. The number of ether oxygens (including phenoxy) is 3. The van der Waals surface area contributed by atoms with Gasteiger partial charge in [-0.1, -0.05) is 27.7 Å². The molecule has 0 radical (unpaired) electrons. The van der Waals surface area contributed by atoms with Gasteiger partial charge in [0.05, 0.1) is 16.2 Å². The molecule has 2 unspecified atom stereocenters. The summed E-state index contributed by atoms with van der Waals surface area (Å²) < 4.78 is 17.6. The molecular weight excluding hydrogens is 444 g/mol. The van der Waals surface area contributed by atoms with Crippen molar-refractivity contribution in [3.05, 3.63) is 0 Å². The van der Waals surface area contributed by atoms with Crippen molar-refractivity contribution in [2.24, 2.45) is 16.2 Å². The summed E-state index contributed by atoms with van der Waals surface area (Å²) in [5.74, 6) is -1.12. The first-order valence-electron chi connectivity index (χ1n) is 13.2. The van der Waals surface area contributed by atoms with E-state index < -0.39 is 39.0 Å². The van der Waals surface area contributed by atoms with E-state index in [0.29, 0.717) is 25.7 Å². The Balaban J connectivity index is 6.35. The molecule has 0 aromatic heterocycles. The summed E-state index contributed by atoms with van der Waals surface area (Å²) in [5, 5.41) is 0. The predicted molar refractivity (Wildman–Crippen MR) is 141 cm³/mol. The van der Waals surface area contributed by atoms with Crippen LogP contribution in [0.2, 0.25) is 0 Å². The van der Waals surface area contributed by atoms with E-state index in [1.54, 1.807) is 20.8 Å². The Hall–Kier alpha value is -1.59. The number of hydrogen-bond acceptors (Lipinski definition) is 6. The van der Waals surface area contributed by atoms with Gasteiger partial charge >= 0.3 is 17.9 Å². The van der Waals surface area contributed by atoms with E-state index in [2.05, 4.69) is 0 Å². The molecule has 0 saturated heterocycles. The summed E-state index contributed by atoms with van der Waals surface area (Å²) in [5.41, 5.74) is -4.91. The van der Waals surface area contributed by atoms with Crippen LogP contribution in [0.4, 0.5) is 0 Å². The van der Waals surface area contributed by atoms with Crippen LogP contribution in [0.25, 0.3) is 0 Å². The van der Waals surface area contributed by atoms with Gasteiger partial charge in [-0.2, -0.15) is 0 Å². The van der Waals surface area contributed by atoms with Crippen molar-refractivity contribution in [2.75, 3.05) is 0 Å². The lowest BCUT2D eigenvalue weighted by molar-refractivity contribution is -0.182. The van der Waals surface area contributed by atoms with Gasteiger partial charge in [0, 0.05) is 0 Å². The Labute approximate surface area is 215 Å². The van der Waals surface area contributed by atoms with E-state index in [1.807, 2.05) is 76.2 Å². The average Bonchev–Trinajstić information content (AvgIpc) is 2.72. The number of rotatable bonds is 14. The summed E-state index contributed by atoms with van der Waals surface area (Å²) in [6, 6.07) is 0. The third kappa shape index (κ3) is 9.76. The van der Waals surface area contributed by atoms with Crippen molar-refractivity contribution in [2.45, 2.75) is 152 Å². The fourth-order valence-electron chi connectivity index (χ4n) is 3.81. The molecule has 206 valence electrons. The molecule has 0 aliphatic heterocycles. The Kier molecular flexibility index (Phi) is 11.1. The molecular formula is C29H54O6. The van der Waals surface area contributed by atoms with Gasteiger partial charge in [-0.15, -0.1) is 0 Å². The normalized spacial score (nSPS) is 16.6. The second kappa shape index (κ2) is 11.6. The molecule has 0 saturated carbocycles. The maximum Gasteiger partial charge on any atom is 0.312 e. The van der Waals surface area contributed by atoms with Crippen LogP contribution in [0.15, 0.2) is 0 Å². The first-order valence-corrected chi connectivity index (χ1v) is 13.2. The van der Waals surface area contributed by atoms with Crippen LogP contribution in [0.3, 0.4) is 0 Å². The van der Waals surface area contributed by atoms with Gasteiger partial charge in [-0.25, -0.2) is 0 Å². The monoisotopic (exact) mass is 498 g/mol. The quantitative estimate of drug-likeness (QED) is 0.183. The van der Waals surface area contributed by atoms with Crippen LogP contribution in [0.1, 0.15) is 135 Å². The Morgan fingerprint density at radius 1 is 0.457 bits per heavy atom. The van der Waals surface area contributed by atoms with Crippen molar-refractivity contribution in [3.63, 3.8) is 0 Å². The van der Waals surface area contributed by atoms with Gasteiger partial charge in [-0.05, 0) is 108 Å². The number of carbonyl (C=O) groups is 3. The SMILES string of the molecule is CCC(C)(C)OC(=O)C(C)(C)CC(C)(CC(C)(CC)C(=O)OC(C)(C)CC)C(=O)OC(C)(C)CC. The highest BCUT2D eigenvalue weighted by molar-refractivity contribution is 5.83. The van der Waals surface area contributed by atoms with Gasteiger partial charge in [-0.3, -0.25) is 14.4 Å². The molecule has 0 aromatic carbocycles. The van der Waals surface area contributed by atoms with Crippen LogP contribution in [0.5, 0.6) is 0 Å². The van der Waals surface area contributed by atoms with Crippen LogP contribution in [0, 0.1) is 16.2 Å². The highest BCUT2D eigenvalue weighted by Crippen LogP contribution is 2.47. The number of esters is 3. The highest BCUT2D eigenvalue weighted by Gasteiger charge is 2.51. The van der Waals surface area contributed by atoms with Gasteiger partial charge in [0.2, 0.25) is 0 Å². The lowest BCUT2D eigenvalue weighted by atomic mass is 9.65. The van der Waals surface area contributed by atoms with Gasteiger partial charge in [0.1, 0.15) is 16.8 Å². The van der Waals surface area contributed by atoms with E-state index in [-0.39, 0.29) is 24.8 Å². The van der Waals surface area contributed by atoms with Crippen LogP contribution < -0.4 is 0 Å². The molecule has 0 amide bonds. The molecule has 35 heavy (non-hydrogen) atoms.